The highest BCUT2D eigenvalue weighted by molar-refractivity contribution is 5.74. The highest BCUT2D eigenvalue weighted by Gasteiger charge is 2.25. The van der Waals surface area contributed by atoms with Gasteiger partial charge in [-0.25, -0.2) is 9.97 Å². The van der Waals surface area contributed by atoms with Gasteiger partial charge in [-0.1, -0.05) is 30.3 Å². The van der Waals surface area contributed by atoms with Gasteiger partial charge in [-0.05, 0) is 31.2 Å². The molecule has 1 unspecified atom stereocenters. The van der Waals surface area contributed by atoms with Crippen LogP contribution in [0, 0.1) is 0 Å². The van der Waals surface area contributed by atoms with Crippen LogP contribution < -0.4 is 10.5 Å². The average molecular weight is 335 g/mol. The number of piperazine rings is 1. The molecule has 25 heavy (non-hydrogen) atoms. The maximum absolute atomic E-state index is 12.0. The van der Waals surface area contributed by atoms with Crippen LogP contribution in [-0.4, -0.2) is 52.6 Å². The van der Waals surface area contributed by atoms with Gasteiger partial charge in [-0.3, -0.25) is 9.69 Å². The van der Waals surface area contributed by atoms with Gasteiger partial charge in [0.1, 0.15) is 5.82 Å². The molecule has 1 saturated heterocycles. The maximum atomic E-state index is 12.0. The number of H-pyrrole nitrogens is 1. The van der Waals surface area contributed by atoms with Crippen molar-refractivity contribution in [3.63, 3.8) is 0 Å². The van der Waals surface area contributed by atoms with Crippen LogP contribution in [0.2, 0.25) is 0 Å². The number of nitrogens with zero attached hydrogens (tertiary/aromatic N) is 4. The minimum atomic E-state index is -0.193. The summed E-state index contributed by atoms with van der Waals surface area (Å²) in [5.74, 6) is 0.845. The van der Waals surface area contributed by atoms with Crippen molar-refractivity contribution in [3.05, 3.63) is 64.7 Å². The number of nitrogens with one attached hydrogen (secondary N) is 1. The van der Waals surface area contributed by atoms with E-state index in [1.807, 2.05) is 18.2 Å². The third-order valence-electron chi connectivity index (χ3n) is 4.89. The molecular weight excluding hydrogens is 314 g/mol. The van der Waals surface area contributed by atoms with Gasteiger partial charge in [0.05, 0.1) is 11.8 Å². The number of anilines is 1. The van der Waals surface area contributed by atoms with Crippen molar-refractivity contribution in [1.82, 2.24) is 19.9 Å². The van der Waals surface area contributed by atoms with Crippen molar-refractivity contribution >= 4 is 16.9 Å². The molecule has 1 N–H and O–H groups in total. The van der Waals surface area contributed by atoms with Gasteiger partial charge in [0, 0.05) is 25.7 Å². The van der Waals surface area contributed by atoms with E-state index in [2.05, 4.69) is 56.1 Å². The van der Waals surface area contributed by atoms with Crippen LogP contribution in [0.1, 0.15) is 5.56 Å². The Morgan fingerprint density at radius 2 is 2.00 bits per heavy atom. The molecule has 1 aromatic carbocycles. The standard InChI is InChI=1S/C19H21N5O/c1-23-9-10-24(12-15(23)11-14-5-3-2-4-6-14)17-8-7-16-18(22-17)19(25)21-13-20-16/h2-8,13,15H,9-12H2,1H3,(H,20,21,25). The Kier molecular flexibility index (Phi) is 4.19. The fourth-order valence-electron chi connectivity index (χ4n) is 3.38. The predicted octanol–water partition coefficient (Wildman–Crippen LogP) is 1.68. The Bertz CT molecular complexity index is 924. The van der Waals surface area contributed by atoms with Crippen LogP contribution in [-0.2, 0) is 6.42 Å². The molecule has 3 heterocycles. The smallest absolute Gasteiger partial charge is 0.277 e. The fourth-order valence-corrected chi connectivity index (χ4v) is 3.38. The molecule has 2 aromatic heterocycles. The minimum Gasteiger partial charge on any atom is -0.354 e. The molecule has 6 heteroatoms. The molecule has 0 aliphatic carbocycles. The van der Waals surface area contributed by atoms with Gasteiger partial charge in [-0.2, -0.15) is 0 Å². The van der Waals surface area contributed by atoms with E-state index in [-0.39, 0.29) is 5.56 Å². The quantitative estimate of drug-likeness (QED) is 0.789. The number of pyridine rings is 1. The minimum absolute atomic E-state index is 0.193. The molecule has 6 nitrogen and oxygen atoms in total. The number of rotatable bonds is 3. The third-order valence-corrected chi connectivity index (χ3v) is 4.89. The first-order chi connectivity index (χ1) is 12.2. The number of hydrogen-bond donors (Lipinski definition) is 1. The second-order valence-electron chi connectivity index (χ2n) is 6.54. The summed E-state index contributed by atoms with van der Waals surface area (Å²) in [6.07, 6.45) is 2.42. The predicted molar refractivity (Wildman–Crippen MR) is 98.9 cm³/mol. The van der Waals surface area contributed by atoms with E-state index >= 15 is 0 Å². The normalized spacial score (nSPS) is 18.6. The van der Waals surface area contributed by atoms with Crippen molar-refractivity contribution in [3.8, 4) is 0 Å². The van der Waals surface area contributed by atoms with Crippen molar-refractivity contribution < 1.29 is 0 Å². The first-order valence-electron chi connectivity index (χ1n) is 8.54. The van der Waals surface area contributed by atoms with Gasteiger partial charge in [0.15, 0.2) is 5.52 Å². The molecule has 3 aromatic rings. The van der Waals surface area contributed by atoms with E-state index < -0.39 is 0 Å². The average Bonchev–Trinajstić information content (AvgIpc) is 2.65. The van der Waals surface area contributed by atoms with Crippen LogP contribution in [0.3, 0.4) is 0 Å². The van der Waals surface area contributed by atoms with E-state index in [1.165, 1.54) is 11.9 Å². The molecule has 1 aliphatic heterocycles. The van der Waals surface area contributed by atoms with Crippen molar-refractivity contribution in [2.24, 2.45) is 0 Å². The van der Waals surface area contributed by atoms with E-state index in [0.29, 0.717) is 17.1 Å². The molecule has 128 valence electrons. The van der Waals surface area contributed by atoms with Crippen molar-refractivity contribution in [1.29, 1.82) is 0 Å². The first kappa shape index (κ1) is 15.8. The third kappa shape index (κ3) is 3.25. The number of hydrogen-bond acceptors (Lipinski definition) is 5. The zero-order valence-corrected chi connectivity index (χ0v) is 14.2. The number of aromatic amines is 1. The SMILES string of the molecule is CN1CCN(c2ccc3nc[nH]c(=O)c3n2)CC1Cc1ccccc1. The molecule has 1 fully saturated rings. The van der Waals surface area contributed by atoms with Crippen LogP contribution in [0.5, 0.6) is 0 Å². The van der Waals surface area contributed by atoms with Gasteiger partial charge in [0.25, 0.3) is 5.56 Å². The van der Waals surface area contributed by atoms with Gasteiger partial charge >= 0.3 is 0 Å². The van der Waals surface area contributed by atoms with Crippen molar-refractivity contribution in [2.75, 3.05) is 31.6 Å². The maximum Gasteiger partial charge on any atom is 0.277 e. The van der Waals surface area contributed by atoms with Crippen molar-refractivity contribution in [2.45, 2.75) is 12.5 Å². The molecule has 0 saturated carbocycles. The summed E-state index contributed by atoms with van der Waals surface area (Å²) < 4.78 is 0. The summed E-state index contributed by atoms with van der Waals surface area (Å²) in [4.78, 5) is 28.0. The molecule has 4 rings (SSSR count). The molecular formula is C19H21N5O. The number of aromatic nitrogens is 3. The summed E-state index contributed by atoms with van der Waals surface area (Å²) in [5, 5.41) is 0. The second-order valence-corrected chi connectivity index (χ2v) is 6.54. The zero-order chi connectivity index (χ0) is 17.2. The van der Waals surface area contributed by atoms with Gasteiger partial charge < -0.3 is 9.88 Å². The van der Waals surface area contributed by atoms with Gasteiger partial charge in [0.2, 0.25) is 0 Å². The van der Waals surface area contributed by atoms with Crippen LogP contribution in [0.15, 0.2) is 53.6 Å². The Morgan fingerprint density at radius 3 is 2.84 bits per heavy atom. The Labute approximate surface area is 146 Å². The van der Waals surface area contributed by atoms with Crippen LogP contribution in [0.4, 0.5) is 5.82 Å². The highest BCUT2D eigenvalue weighted by Crippen LogP contribution is 2.20. The van der Waals surface area contributed by atoms with Gasteiger partial charge in [-0.15, -0.1) is 0 Å². The number of likely N-dealkylation sites (N-methyl/N-ethyl adjacent to an activating group) is 1. The van der Waals surface area contributed by atoms with Crippen LogP contribution in [0.25, 0.3) is 11.0 Å². The monoisotopic (exact) mass is 335 g/mol. The number of benzene rings is 1. The van der Waals surface area contributed by atoms with E-state index in [0.717, 1.165) is 31.9 Å². The van der Waals surface area contributed by atoms with E-state index in [9.17, 15) is 4.79 Å². The lowest BCUT2D eigenvalue weighted by molar-refractivity contribution is 0.217. The summed E-state index contributed by atoms with van der Waals surface area (Å²) in [7, 11) is 2.17. The Morgan fingerprint density at radius 1 is 1.16 bits per heavy atom. The summed E-state index contributed by atoms with van der Waals surface area (Å²) in [5.41, 5.74) is 2.18. The molecule has 1 atom stereocenters. The topological polar surface area (TPSA) is 65.1 Å². The first-order valence-corrected chi connectivity index (χ1v) is 8.54. The summed E-state index contributed by atoms with van der Waals surface area (Å²) >= 11 is 0. The second kappa shape index (κ2) is 6.64. The lowest BCUT2D eigenvalue weighted by Crippen LogP contribution is -2.52. The van der Waals surface area contributed by atoms with Crippen LogP contribution >= 0.6 is 0 Å². The Balaban J connectivity index is 1.58. The molecule has 0 spiro atoms. The molecule has 0 amide bonds. The highest BCUT2D eigenvalue weighted by atomic mass is 16.1. The summed E-state index contributed by atoms with van der Waals surface area (Å²) in [6.45, 7) is 2.77. The van der Waals surface area contributed by atoms with E-state index in [4.69, 9.17) is 0 Å². The fraction of sp³-hybridized carbons (Fsp3) is 0.316. The number of fused-ring (bicyclic) bond motifs is 1. The molecule has 0 bridgehead atoms. The molecule has 0 radical (unpaired) electrons. The summed E-state index contributed by atoms with van der Waals surface area (Å²) in [6, 6.07) is 14.8. The van der Waals surface area contributed by atoms with E-state index in [1.54, 1.807) is 0 Å². The Hall–Kier alpha value is -2.73. The molecule has 1 aliphatic rings. The lowest BCUT2D eigenvalue weighted by Gasteiger charge is -2.40. The largest absolute Gasteiger partial charge is 0.354 e. The lowest BCUT2D eigenvalue weighted by atomic mass is 10.0. The zero-order valence-electron chi connectivity index (χ0n) is 14.2.